The van der Waals surface area contributed by atoms with Gasteiger partial charge in [-0.15, -0.1) is 0 Å². The van der Waals surface area contributed by atoms with Crippen molar-refractivity contribution in [3.05, 3.63) is 54.4 Å². The number of ether oxygens (including phenoxy) is 2. The summed E-state index contributed by atoms with van der Waals surface area (Å²) in [5.41, 5.74) is 1.02. The summed E-state index contributed by atoms with van der Waals surface area (Å²) < 4.78 is 10.8. The molecular formula is C19H25N3O3. The van der Waals surface area contributed by atoms with Crippen LogP contribution in [0, 0.1) is 0 Å². The summed E-state index contributed by atoms with van der Waals surface area (Å²) in [6.07, 6.45) is 4.09. The maximum Gasteiger partial charge on any atom is 0.317 e. The third kappa shape index (κ3) is 5.67. The van der Waals surface area contributed by atoms with Crippen molar-refractivity contribution in [3.8, 4) is 11.5 Å². The van der Waals surface area contributed by atoms with E-state index in [1.165, 1.54) is 0 Å². The topological polar surface area (TPSA) is 63.7 Å². The molecule has 0 aliphatic carbocycles. The lowest BCUT2D eigenvalue weighted by Crippen LogP contribution is -2.39. The summed E-state index contributed by atoms with van der Waals surface area (Å²) >= 11 is 0. The van der Waals surface area contributed by atoms with E-state index in [1.54, 1.807) is 31.5 Å². The molecule has 2 rings (SSSR count). The zero-order valence-electron chi connectivity index (χ0n) is 14.9. The fourth-order valence-corrected chi connectivity index (χ4v) is 2.32. The van der Waals surface area contributed by atoms with E-state index in [-0.39, 0.29) is 12.1 Å². The van der Waals surface area contributed by atoms with Crippen molar-refractivity contribution in [2.45, 2.75) is 19.4 Å². The molecule has 0 aliphatic rings. The Morgan fingerprint density at radius 1 is 1.28 bits per heavy atom. The van der Waals surface area contributed by atoms with Gasteiger partial charge in [0, 0.05) is 19.8 Å². The van der Waals surface area contributed by atoms with E-state index in [4.69, 9.17) is 9.47 Å². The number of nitrogens with zero attached hydrogens (tertiary/aromatic N) is 2. The Labute approximate surface area is 148 Å². The lowest BCUT2D eigenvalue weighted by Gasteiger charge is -2.26. The van der Waals surface area contributed by atoms with E-state index in [1.807, 2.05) is 43.3 Å². The average Bonchev–Trinajstić information content (AvgIpc) is 2.67. The third-order valence-corrected chi connectivity index (χ3v) is 3.98. The van der Waals surface area contributed by atoms with Crippen LogP contribution in [0.4, 0.5) is 4.79 Å². The monoisotopic (exact) mass is 343 g/mol. The molecule has 0 saturated heterocycles. The molecule has 2 amide bonds. The minimum Gasteiger partial charge on any atom is -0.497 e. The van der Waals surface area contributed by atoms with Gasteiger partial charge < -0.3 is 19.7 Å². The predicted molar refractivity (Wildman–Crippen MR) is 96.9 cm³/mol. The minimum absolute atomic E-state index is 0.0539. The predicted octanol–water partition coefficient (Wildman–Crippen LogP) is 3.26. The molecule has 1 aromatic heterocycles. The van der Waals surface area contributed by atoms with Crippen molar-refractivity contribution < 1.29 is 14.3 Å². The molecule has 6 nitrogen and oxygen atoms in total. The van der Waals surface area contributed by atoms with Gasteiger partial charge in [-0.3, -0.25) is 4.98 Å². The van der Waals surface area contributed by atoms with Crippen molar-refractivity contribution in [2.24, 2.45) is 0 Å². The van der Waals surface area contributed by atoms with Crippen LogP contribution in [0.2, 0.25) is 0 Å². The van der Waals surface area contributed by atoms with Crippen LogP contribution in [0.15, 0.2) is 48.8 Å². The van der Waals surface area contributed by atoms with Gasteiger partial charge in [0.15, 0.2) is 0 Å². The van der Waals surface area contributed by atoms with Crippen LogP contribution < -0.4 is 14.8 Å². The van der Waals surface area contributed by atoms with E-state index in [0.29, 0.717) is 13.2 Å². The first-order valence-electron chi connectivity index (χ1n) is 8.29. The molecule has 0 radical (unpaired) electrons. The number of hydrogen-bond acceptors (Lipinski definition) is 4. The molecular weight excluding hydrogens is 318 g/mol. The first kappa shape index (κ1) is 18.6. The number of hydrogen-bond donors (Lipinski definition) is 1. The number of methoxy groups -OCH3 is 1. The molecule has 0 unspecified atom stereocenters. The lowest BCUT2D eigenvalue weighted by atomic mass is 10.1. The number of carbonyl (C=O) groups is 1. The van der Waals surface area contributed by atoms with Gasteiger partial charge in [0.05, 0.1) is 26.0 Å². The molecule has 1 heterocycles. The van der Waals surface area contributed by atoms with Gasteiger partial charge in [-0.1, -0.05) is 12.1 Å². The second-order valence-electron chi connectivity index (χ2n) is 5.69. The Morgan fingerprint density at radius 2 is 2.08 bits per heavy atom. The number of pyridine rings is 1. The Balaban J connectivity index is 1.73. The number of aromatic nitrogens is 1. The molecule has 1 aromatic carbocycles. The van der Waals surface area contributed by atoms with Gasteiger partial charge in [-0.2, -0.15) is 0 Å². The molecule has 134 valence electrons. The van der Waals surface area contributed by atoms with Gasteiger partial charge in [0.1, 0.15) is 11.5 Å². The SMILES string of the molecule is COc1cccc([C@@H](C)N(C)C(=O)NCCCOc2cccnc2)c1. The maximum atomic E-state index is 12.3. The van der Waals surface area contributed by atoms with Crippen molar-refractivity contribution in [1.29, 1.82) is 0 Å². The molecule has 2 aromatic rings. The largest absolute Gasteiger partial charge is 0.497 e. The summed E-state index contributed by atoms with van der Waals surface area (Å²) in [5, 5.41) is 2.91. The second kappa shape index (κ2) is 9.52. The van der Waals surface area contributed by atoms with Gasteiger partial charge in [-0.05, 0) is 43.2 Å². The summed E-state index contributed by atoms with van der Waals surface area (Å²) in [4.78, 5) is 17.9. The van der Waals surface area contributed by atoms with Crippen LogP contribution in [0.5, 0.6) is 11.5 Å². The number of carbonyl (C=O) groups excluding carboxylic acids is 1. The highest BCUT2D eigenvalue weighted by Crippen LogP contribution is 2.22. The Kier molecular flexibility index (Phi) is 7.07. The first-order chi connectivity index (χ1) is 12.1. The van der Waals surface area contributed by atoms with Crippen molar-refractivity contribution in [1.82, 2.24) is 15.2 Å². The highest BCUT2D eigenvalue weighted by atomic mass is 16.5. The highest BCUT2D eigenvalue weighted by Gasteiger charge is 2.17. The summed E-state index contributed by atoms with van der Waals surface area (Å²) in [6, 6.07) is 11.2. The first-order valence-corrected chi connectivity index (χ1v) is 8.29. The fraction of sp³-hybridized carbons (Fsp3) is 0.368. The van der Waals surface area contributed by atoms with Crippen molar-refractivity contribution in [3.63, 3.8) is 0 Å². The molecule has 0 bridgehead atoms. The molecule has 0 spiro atoms. The molecule has 1 atom stereocenters. The molecule has 0 aliphatic heterocycles. The fourth-order valence-electron chi connectivity index (χ4n) is 2.32. The van der Waals surface area contributed by atoms with Crippen LogP contribution in [0.1, 0.15) is 24.9 Å². The van der Waals surface area contributed by atoms with Gasteiger partial charge in [0.2, 0.25) is 0 Å². The smallest absolute Gasteiger partial charge is 0.317 e. The van der Waals surface area contributed by atoms with E-state index in [0.717, 1.165) is 23.5 Å². The molecule has 25 heavy (non-hydrogen) atoms. The van der Waals surface area contributed by atoms with E-state index in [9.17, 15) is 4.79 Å². The molecule has 0 saturated carbocycles. The lowest BCUT2D eigenvalue weighted by molar-refractivity contribution is 0.193. The zero-order chi connectivity index (χ0) is 18.1. The second-order valence-corrected chi connectivity index (χ2v) is 5.69. The van der Waals surface area contributed by atoms with Gasteiger partial charge >= 0.3 is 6.03 Å². The van der Waals surface area contributed by atoms with Crippen molar-refractivity contribution in [2.75, 3.05) is 27.3 Å². The number of rotatable bonds is 8. The standard InChI is InChI=1S/C19H25N3O3/c1-15(16-7-4-8-17(13-16)24-3)22(2)19(23)21-11-6-12-25-18-9-5-10-20-14-18/h4-5,7-10,13-15H,6,11-12H2,1-3H3,(H,21,23)/t15-/m1/s1. The van der Waals surface area contributed by atoms with E-state index >= 15 is 0 Å². The number of urea groups is 1. The Morgan fingerprint density at radius 3 is 2.80 bits per heavy atom. The maximum absolute atomic E-state index is 12.3. The normalized spacial score (nSPS) is 11.5. The van der Waals surface area contributed by atoms with Crippen LogP contribution in [0.3, 0.4) is 0 Å². The average molecular weight is 343 g/mol. The van der Waals surface area contributed by atoms with Gasteiger partial charge in [0.25, 0.3) is 0 Å². The quantitative estimate of drug-likeness (QED) is 0.747. The van der Waals surface area contributed by atoms with Crippen LogP contribution >= 0.6 is 0 Å². The molecule has 6 heteroatoms. The number of amides is 2. The Hall–Kier alpha value is -2.76. The van der Waals surface area contributed by atoms with Crippen LogP contribution in [-0.2, 0) is 0 Å². The molecule has 1 N–H and O–H groups in total. The summed E-state index contributed by atoms with van der Waals surface area (Å²) in [6.45, 7) is 3.06. The highest BCUT2D eigenvalue weighted by molar-refractivity contribution is 5.74. The number of nitrogens with one attached hydrogen (secondary N) is 1. The minimum atomic E-state index is -0.114. The third-order valence-electron chi connectivity index (χ3n) is 3.98. The van der Waals surface area contributed by atoms with E-state index in [2.05, 4.69) is 10.3 Å². The van der Waals surface area contributed by atoms with Crippen molar-refractivity contribution >= 4 is 6.03 Å². The van der Waals surface area contributed by atoms with Crippen LogP contribution in [-0.4, -0.2) is 43.2 Å². The number of benzene rings is 1. The zero-order valence-corrected chi connectivity index (χ0v) is 14.9. The Bertz CT molecular complexity index is 664. The summed E-state index contributed by atoms with van der Waals surface area (Å²) in [7, 11) is 3.42. The summed E-state index contributed by atoms with van der Waals surface area (Å²) in [5.74, 6) is 1.52. The molecule has 0 fully saturated rings. The van der Waals surface area contributed by atoms with Crippen LogP contribution in [0.25, 0.3) is 0 Å². The van der Waals surface area contributed by atoms with Gasteiger partial charge in [-0.25, -0.2) is 4.79 Å². The van der Waals surface area contributed by atoms with E-state index < -0.39 is 0 Å².